The number of rotatable bonds is 6. The number of para-hydroxylation sites is 1. The van der Waals surface area contributed by atoms with E-state index < -0.39 is 6.10 Å². The maximum absolute atomic E-state index is 12.5. The van der Waals surface area contributed by atoms with Gasteiger partial charge in [-0.25, -0.2) is 0 Å². The molecule has 0 spiro atoms. The number of carbonyl (C=O) groups is 1. The van der Waals surface area contributed by atoms with E-state index in [1.165, 1.54) is 0 Å². The highest BCUT2D eigenvalue weighted by atomic mass is 79.9. The van der Waals surface area contributed by atoms with E-state index in [9.17, 15) is 4.79 Å². The van der Waals surface area contributed by atoms with Crippen LogP contribution in [-0.2, 0) is 16.0 Å². The van der Waals surface area contributed by atoms with E-state index >= 15 is 0 Å². The lowest BCUT2D eigenvalue weighted by molar-refractivity contribution is -0.145. The van der Waals surface area contributed by atoms with E-state index in [0.717, 1.165) is 40.2 Å². The first kappa shape index (κ1) is 18.3. The molecule has 1 unspecified atom stereocenters. The largest absolute Gasteiger partial charge is 0.444 e. The number of alkyl halides is 1. The molecule has 0 fully saturated rings. The molecular formula is C22H20BrNO2. The van der Waals surface area contributed by atoms with E-state index in [-0.39, 0.29) is 12.4 Å². The molecule has 0 aliphatic heterocycles. The van der Waals surface area contributed by atoms with Crippen LogP contribution < -0.4 is 0 Å². The van der Waals surface area contributed by atoms with Gasteiger partial charge in [-0.3, -0.25) is 4.79 Å². The zero-order chi connectivity index (χ0) is 18.2. The smallest absolute Gasteiger partial charge is 0.311 e. The van der Waals surface area contributed by atoms with Gasteiger partial charge in [0.15, 0.2) is 6.10 Å². The summed E-state index contributed by atoms with van der Waals surface area (Å²) in [6.45, 7) is 0. The lowest BCUT2D eigenvalue weighted by Gasteiger charge is -2.13. The van der Waals surface area contributed by atoms with Crippen LogP contribution in [0.1, 0.15) is 30.1 Å². The molecule has 0 amide bonds. The second kappa shape index (κ2) is 9.26. The van der Waals surface area contributed by atoms with Crippen molar-refractivity contribution in [3.63, 3.8) is 0 Å². The first-order valence-electron chi connectivity index (χ1n) is 8.61. The molecule has 0 bridgehead atoms. The maximum Gasteiger partial charge on any atom is 0.311 e. The number of benzene rings is 2. The summed E-state index contributed by atoms with van der Waals surface area (Å²) in [4.78, 5) is 15.7. The second-order valence-corrected chi connectivity index (χ2v) is 6.72. The molecule has 0 saturated heterocycles. The van der Waals surface area contributed by atoms with Crippen LogP contribution in [0.3, 0.4) is 0 Å². The summed E-state index contributed by atoms with van der Waals surface area (Å²) in [5.41, 5.74) is 2.85. The molecule has 1 heterocycles. The molecule has 0 radical (unpaired) electrons. The Hall–Kier alpha value is -2.51. The van der Waals surface area contributed by atoms with Crippen LogP contribution >= 0.6 is 15.9 Å². The van der Waals surface area contributed by atoms with E-state index in [1.807, 2.05) is 60.8 Å². The summed E-state index contributed by atoms with van der Waals surface area (Å²) >= 11 is 3.40. The molecule has 1 N–H and O–H groups in total. The number of unbranched alkanes of at least 4 members (excludes halogenated alkanes) is 1. The van der Waals surface area contributed by atoms with Gasteiger partial charge in [0.25, 0.3) is 0 Å². The van der Waals surface area contributed by atoms with Gasteiger partial charge >= 0.3 is 5.97 Å². The van der Waals surface area contributed by atoms with Crippen LogP contribution in [0.15, 0.2) is 60.8 Å². The predicted molar refractivity (Wildman–Crippen MR) is 108 cm³/mol. The molecule has 3 aromatic rings. The Kier molecular flexibility index (Phi) is 6.51. The zero-order valence-corrected chi connectivity index (χ0v) is 16.0. The highest BCUT2D eigenvalue weighted by Crippen LogP contribution is 2.21. The minimum absolute atomic E-state index is 0.219. The van der Waals surface area contributed by atoms with Crippen molar-refractivity contribution in [2.24, 2.45) is 0 Å². The van der Waals surface area contributed by atoms with Crippen LogP contribution in [0.25, 0.3) is 10.9 Å². The maximum atomic E-state index is 12.5. The summed E-state index contributed by atoms with van der Waals surface area (Å²) in [6.07, 6.45) is 3.29. The Morgan fingerprint density at radius 3 is 2.69 bits per heavy atom. The molecule has 1 atom stereocenters. The number of hydrogen-bond acceptors (Lipinski definition) is 2. The standard InChI is InChI=1S/C22H20BrNO2/c23-14-8-2-5-13-21(17-9-3-1-4-10-17)26-22(25)15-18-16-24-20-12-7-6-11-19(18)20/h1,3-4,6-7,9-12,16,21,24H,2,8,14-15H2. The van der Waals surface area contributed by atoms with Crippen molar-refractivity contribution in [2.75, 3.05) is 5.33 Å². The lowest BCUT2D eigenvalue weighted by atomic mass is 10.1. The number of ether oxygens (including phenoxy) is 1. The summed E-state index contributed by atoms with van der Waals surface area (Å²) in [5, 5.41) is 1.96. The minimum atomic E-state index is -0.538. The van der Waals surface area contributed by atoms with Crippen molar-refractivity contribution in [3.05, 3.63) is 71.9 Å². The Morgan fingerprint density at radius 1 is 1.12 bits per heavy atom. The molecule has 3 rings (SSSR count). The fraction of sp³-hybridized carbons (Fsp3) is 0.227. The quantitative estimate of drug-likeness (QED) is 0.264. The van der Waals surface area contributed by atoms with Crippen LogP contribution in [0, 0.1) is 11.8 Å². The first-order valence-corrected chi connectivity index (χ1v) is 9.74. The number of hydrogen-bond donors (Lipinski definition) is 1. The lowest BCUT2D eigenvalue weighted by Crippen LogP contribution is -2.12. The van der Waals surface area contributed by atoms with Crippen LogP contribution in [-0.4, -0.2) is 16.3 Å². The molecule has 0 aliphatic rings. The number of aromatic nitrogens is 1. The fourth-order valence-corrected chi connectivity index (χ4v) is 3.02. The van der Waals surface area contributed by atoms with Crippen molar-refractivity contribution < 1.29 is 9.53 Å². The first-order chi connectivity index (χ1) is 12.8. The molecule has 3 nitrogen and oxygen atoms in total. The van der Waals surface area contributed by atoms with Crippen molar-refractivity contribution in [1.82, 2.24) is 4.98 Å². The van der Waals surface area contributed by atoms with Gasteiger partial charge in [0.2, 0.25) is 0 Å². The fourth-order valence-electron chi connectivity index (χ4n) is 2.74. The summed E-state index contributed by atoms with van der Waals surface area (Å²) in [7, 11) is 0. The third kappa shape index (κ3) is 4.77. The van der Waals surface area contributed by atoms with Gasteiger partial charge in [-0.1, -0.05) is 76.3 Å². The van der Waals surface area contributed by atoms with Gasteiger partial charge in [-0.15, -0.1) is 0 Å². The molecule has 4 heteroatoms. The zero-order valence-electron chi connectivity index (χ0n) is 14.4. The molecule has 0 aliphatic carbocycles. The Morgan fingerprint density at radius 2 is 1.88 bits per heavy atom. The monoisotopic (exact) mass is 409 g/mol. The van der Waals surface area contributed by atoms with E-state index in [4.69, 9.17) is 4.74 Å². The van der Waals surface area contributed by atoms with Gasteiger partial charge < -0.3 is 9.72 Å². The van der Waals surface area contributed by atoms with Gasteiger partial charge in [-0.05, 0) is 18.1 Å². The minimum Gasteiger partial charge on any atom is -0.444 e. The second-order valence-electron chi connectivity index (χ2n) is 5.93. The summed E-state index contributed by atoms with van der Waals surface area (Å²) in [6, 6.07) is 17.6. The number of H-pyrrole nitrogens is 1. The van der Waals surface area contributed by atoms with Gasteiger partial charge in [0, 0.05) is 34.4 Å². The highest BCUT2D eigenvalue weighted by molar-refractivity contribution is 9.09. The van der Waals surface area contributed by atoms with E-state index in [1.54, 1.807) is 0 Å². The van der Waals surface area contributed by atoms with Crippen molar-refractivity contribution >= 4 is 32.8 Å². The molecule has 2 aromatic carbocycles. The van der Waals surface area contributed by atoms with Crippen molar-refractivity contribution in [2.45, 2.75) is 25.4 Å². The van der Waals surface area contributed by atoms with Gasteiger partial charge in [0.05, 0.1) is 6.42 Å². The Labute approximate surface area is 161 Å². The van der Waals surface area contributed by atoms with Crippen molar-refractivity contribution in [3.8, 4) is 11.8 Å². The van der Waals surface area contributed by atoms with E-state index in [2.05, 4.69) is 32.8 Å². The van der Waals surface area contributed by atoms with Gasteiger partial charge in [0.1, 0.15) is 0 Å². The van der Waals surface area contributed by atoms with Crippen molar-refractivity contribution in [1.29, 1.82) is 0 Å². The number of esters is 1. The summed E-state index contributed by atoms with van der Waals surface area (Å²) in [5.74, 6) is 5.93. The molecular weight excluding hydrogens is 390 g/mol. The normalized spacial score (nSPS) is 11.6. The van der Waals surface area contributed by atoms with Crippen LogP contribution in [0.2, 0.25) is 0 Å². The molecule has 1 aromatic heterocycles. The topological polar surface area (TPSA) is 42.1 Å². The number of fused-ring (bicyclic) bond motifs is 1. The third-order valence-corrected chi connectivity index (χ3v) is 4.59. The number of nitrogens with one attached hydrogen (secondary N) is 1. The highest BCUT2D eigenvalue weighted by Gasteiger charge is 2.16. The Balaban J connectivity index is 1.73. The van der Waals surface area contributed by atoms with Gasteiger partial charge in [-0.2, -0.15) is 0 Å². The van der Waals surface area contributed by atoms with Crippen LogP contribution in [0.4, 0.5) is 0 Å². The number of aromatic amines is 1. The molecule has 0 saturated carbocycles. The predicted octanol–water partition coefficient (Wildman–Crippen LogP) is 5.17. The van der Waals surface area contributed by atoms with Crippen LogP contribution in [0.5, 0.6) is 0 Å². The number of carbonyl (C=O) groups excluding carboxylic acids is 1. The average molecular weight is 410 g/mol. The third-order valence-electron chi connectivity index (χ3n) is 4.03. The summed E-state index contributed by atoms with van der Waals surface area (Å²) < 4.78 is 5.70. The molecule has 132 valence electrons. The molecule has 26 heavy (non-hydrogen) atoms. The number of halogens is 1. The Bertz CT molecular complexity index is 921. The van der Waals surface area contributed by atoms with E-state index in [0.29, 0.717) is 0 Å². The SMILES string of the molecule is O=C(Cc1c[nH]c2ccccc12)OC(C#CCCCBr)c1ccccc1. The average Bonchev–Trinajstić information content (AvgIpc) is 3.08.